The van der Waals surface area contributed by atoms with Crippen molar-refractivity contribution in [2.75, 3.05) is 14.1 Å². The molecule has 10 nitrogen and oxygen atoms in total. The second-order valence-corrected chi connectivity index (χ2v) is 10.0. The molecule has 3 heterocycles. The maximum absolute atomic E-state index is 13.5. The monoisotopic (exact) mass is 549 g/mol. The van der Waals surface area contributed by atoms with Crippen LogP contribution in [0.1, 0.15) is 47.6 Å². The van der Waals surface area contributed by atoms with Crippen molar-refractivity contribution in [3.63, 3.8) is 0 Å². The van der Waals surface area contributed by atoms with Crippen LogP contribution in [0.2, 0.25) is 0 Å². The highest BCUT2D eigenvalue weighted by molar-refractivity contribution is 9.10. The lowest BCUT2D eigenvalue weighted by molar-refractivity contribution is -0.145. The lowest BCUT2D eigenvalue weighted by Gasteiger charge is -2.37. The molecule has 0 saturated heterocycles. The quantitative estimate of drug-likeness (QED) is 0.493. The van der Waals surface area contributed by atoms with Crippen molar-refractivity contribution in [1.29, 1.82) is 0 Å². The molecule has 2 aromatic rings. The number of carbonyl (C=O) groups excluding carboxylic acids is 3. The fraction of sp³-hybridized carbons (Fsp3) is 0.435. The molecule has 2 aliphatic heterocycles. The van der Waals surface area contributed by atoms with E-state index < -0.39 is 46.1 Å². The molecule has 3 N–H and O–H groups in total. The molecule has 0 atom stereocenters. The number of nitrogens with one attached hydrogen (secondary N) is 2. The molecule has 35 heavy (non-hydrogen) atoms. The number of aromatic nitrogens is 2. The van der Waals surface area contributed by atoms with Crippen molar-refractivity contribution in [2.24, 2.45) is 5.92 Å². The third kappa shape index (κ3) is 4.66. The number of halogens is 2. The number of carbonyl (C=O) groups is 3. The topological polar surface area (TPSA) is 134 Å². The van der Waals surface area contributed by atoms with Gasteiger partial charge in [-0.3, -0.25) is 23.7 Å². The van der Waals surface area contributed by atoms with Gasteiger partial charge in [-0.05, 0) is 65.2 Å². The number of fused-ring (bicyclic) bond motifs is 2. The van der Waals surface area contributed by atoms with Crippen LogP contribution in [-0.4, -0.2) is 51.4 Å². The molecule has 1 saturated carbocycles. The second-order valence-electron chi connectivity index (χ2n) is 9.16. The molecule has 186 valence electrons. The Morgan fingerprint density at radius 3 is 2.60 bits per heavy atom. The zero-order valence-electron chi connectivity index (χ0n) is 19.2. The molecular weight excluding hydrogens is 525 g/mol. The van der Waals surface area contributed by atoms with E-state index in [1.807, 2.05) is 0 Å². The summed E-state index contributed by atoms with van der Waals surface area (Å²) in [7, 11) is 2.92. The Bertz CT molecular complexity index is 1270. The van der Waals surface area contributed by atoms with Gasteiger partial charge in [0.2, 0.25) is 5.75 Å². The van der Waals surface area contributed by atoms with Crippen molar-refractivity contribution < 1.29 is 23.9 Å². The molecule has 3 aliphatic rings. The SMILES string of the molecule is CN(C)C(=O)C(=O)NC12CCC(CC1)Cn1c2nc(C(=O)NCc2ccc(F)c(Br)c2)c(O)c1=O. The Balaban J connectivity index is 1.69. The number of amides is 3. The van der Waals surface area contributed by atoms with Crippen LogP contribution in [-0.2, 0) is 28.2 Å². The molecule has 1 aromatic heterocycles. The van der Waals surface area contributed by atoms with E-state index in [0.717, 1.165) is 4.90 Å². The minimum absolute atomic E-state index is 0.00145. The van der Waals surface area contributed by atoms with E-state index in [1.54, 1.807) is 0 Å². The molecule has 2 bridgehead atoms. The van der Waals surface area contributed by atoms with E-state index >= 15 is 0 Å². The molecule has 12 heteroatoms. The molecule has 0 spiro atoms. The first-order valence-electron chi connectivity index (χ1n) is 11.1. The van der Waals surface area contributed by atoms with Crippen LogP contribution in [0.5, 0.6) is 5.75 Å². The first-order valence-corrected chi connectivity index (χ1v) is 11.9. The summed E-state index contributed by atoms with van der Waals surface area (Å²) in [6.45, 7) is 0.290. The molecule has 1 aromatic carbocycles. The van der Waals surface area contributed by atoms with Gasteiger partial charge in [0.25, 0.3) is 11.5 Å². The number of rotatable bonds is 4. The molecule has 0 radical (unpaired) electrons. The van der Waals surface area contributed by atoms with Crippen LogP contribution in [0.15, 0.2) is 27.5 Å². The maximum Gasteiger partial charge on any atom is 0.311 e. The predicted molar refractivity (Wildman–Crippen MR) is 126 cm³/mol. The fourth-order valence-electron chi connectivity index (χ4n) is 4.64. The third-order valence-corrected chi connectivity index (χ3v) is 7.19. The van der Waals surface area contributed by atoms with Gasteiger partial charge in [0, 0.05) is 27.2 Å². The minimum Gasteiger partial charge on any atom is -0.501 e. The Morgan fingerprint density at radius 1 is 1.29 bits per heavy atom. The number of hydrogen-bond acceptors (Lipinski definition) is 6. The summed E-state index contributed by atoms with van der Waals surface area (Å²) in [6, 6.07) is 4.23. The largest absolute Gasteiger partial charge is 0.501 e. The predicted octanol–water partition coefficient (Wildman–Crippen LogP) is 1.38. The first-order chi connectivity index (χ1) is 16.5. The van der Waals surface area contributed by atoms with Gasteiger partial charge in [0.1, 0.15) is 11.6 Å². The first kappa shape index (κ1) is 24.8. The summed E-state index contributed by atoms with van der Waals surface area (Å²) in [5.74, 6) is -3.34. The van der Waals surface area contributed by atoms with Crippen LogP contribution < -0.4 is 16.2 Å². The standard InChI is InChI=1S/C23H25BrFN5O5/c1-29(2)21(35)19(33)28-23-7-5-12(6-8-23)11-30-20(34)17(31)16(27-22(23)30)18(32)26-10-13-3-4-15(25)14(24)9-13/h3-4,9,12,31H,5-8,10-11H2,1-2H3,(H,26,32)(H,28,33). The molecule has 1 aliphatic carbocycles. The zero-order valence-corrected chi connectivity index (χ0v) is 20.8. The smallest absolute Gasteiger partial charge is 0.311 e. The number of nitrogens with zero attached hydrogens (tertiary/aromatic N) is 3. The van der Waals surface area contributed by atoms with Crippen LogP contribution in [0.4, 0.5) is 4.39 Å². The minimum atomic E-state index is -1.13. The summed E-state index contributed by atoms with van der Waals surface area (Å²) < 4.78 is 15.0. The molecule has 0 unspecified atom stereocenters. The van der Waals surface area contributed by atoms with Gasteiger partial charge in [-0.15, -0.1) is 0 Å². The van der Waals surface area contributed by atoms with Gasteiger partial charge in [0.15, 0.2) is 5.69 Å². The van der Waals surface area contributed by atoms with Crippen molar-refractivity contribution in [2.45, 2.75) is 44.3 Å². The summed E-state index contributed by atoms with van der Waals surface area (Å²) in [4.78, 5) is 56.5. The lowest BCUT2D eigenvalue weighted by atomic mass is 9.77. The Hall–Kier alpha value is -3.28. The molecule has 3 amide bonds. The van der Waals surface area contributed by atoms with Gasteiger partial charge in [-0.2, -0.15) is 0 Å². The Kier molecular flexibility index (Phi) is 6.67. The summed E-state index contributed by atoms with van der Waals surface area (Å²) >= 11 is 3.09. The van der Waals surface area contributed by atoms with Gasteiger partial charge < -0.3 is 20.6 Å². The molecular formula is C23H25BrFN5O5. The van der Waals surface area contributed by atoms with Crippen LogP contribution in [0.3, 0.4) is 0 Å². The summed E-state index contributed by atoms with van der Waals surface area (Å²) in [5, 5.41) is 15.9. The summed E-state index contributed by atoms with van der Waals surface area (Å²) in [6.07, 6.45) is 2.24. The van der Waals surface area contributed by atoms with E-state index in [1.165, 1.54) is 36.9 Å². The van der Waals surface area contributed by atoms with E-state index in [2.05, 4.69) is 31.5 Å². The maximum atomic E-state index is 13.5. The number of likely N-dealkylation sites (N-methyl/N-ethyl adjacent to an activating group) is 1. The van der Waals surface area contributed by atoms with Gasteiger partial charge in [-0.1, -0.05) is 6.07 Å². The Labute approximate surface area is 208 Å². The average molecular weight is 550 g/mol. The highest BCUT2D eigenvalue weighted by atomic mass is 79.9. The van der Waals surface area contributed by atoms with Crippen LogP contribution in [0, 0.1) is 11.7 Å². The normalized spacial score (nSPS) is 20.5. The van der Waals surface area contributed by atoms with Crippen molar-refractivity contribution in [3.8, 4) is 5.75 Å². The second kappa shape index (κ2) is 9.40. The van der Waals surface area contributed by atoms with E-state index in [9.17, 15) is 28.7 Å². The number of hydrogen-bond donors (Lipinski definition) is 3. The third-order valence-electron chi connectivity index (χ3n) is 6.58. The Morgan fingerprint density at radius 2 is 1.97 bits per heavy atom. The zero-order chi connectivity index (χ0) is 25.5. The molecule has 5 rings (SSSR count). The van der Waals surface area contributed by atoms with Crippen LogP contribution >= 0.6 is 15.9 Å². The van der Waals surface area contributed by atoms with E-state index in [-0.39, 0.29) is 22.8 Å². The van der Waals surface area contributed by atoms with Crippen LogP contribution in [0.25, 0.3) is 0 Å². The fourth-order valence-corrected chi connectivity index (χ4v) is 5.07. The average Bonchev–Trinajstić information content (AvgIpc) is 3.07. The number of benzene rings is 1. The van der Waals surface area contributed by atoms with E-state index in [4.69, 9.17) is 0 Å². The lowest BCUT2D eigenvalue weighted by Crippen LogP contribution is -2.53. The van der Waals surface area contributed by atoms with Crippen molar-refractivity contribution in [1.82, 2.24) is 25.1 Å². The number of aromatic hydroxyl groups is 1. The molecule has 1 fully saturated rings. The van der Waals surface area contributed by atoms with Crippen molar-refractivity contribution >= 4 is 33.7 Å². The van der Waals surface area contributed by atoms with Crippen molar-refractivity contribution in [3.05, 3.63) is 55.9 Å². The highest BCUT2D eigenvalue weighted by Crippen LogP contribution is 2.42. The van der Waals surface area contributed by atoms with Gasteiger partial charge >= 0.3 is 11.8 Å². The summed E-state index contributed by atoms with van der Waals surface area (Å²) in [5.41, 5.74) is -1.79. The van der Waals surface area contributed by atoms with E-state index in [0.29, 0.717) is 37.8 Å². The van der Waals surface area contributed by atoms with Gasteiger partial charge in [-0.25, -0.2) is 9.37 Å². The highest BCUT2D eigenvalue weighted by Gasteiger charge is 2.46. The van der Waals surface area contributed by atoms with Gasteiger partial charge in [0.05, 0.1) is 10.0 Å².